The molecule has 1 aromatic heterocycles. The molecule has 0 fully saturated rings. The standard InChI is InChI=1S/C9H9ClN2O3/c10-7-4-11-2-1-6(7)3-8(9(14)15)12-5-13/h1-2,4-5,8H,3H2,(H,12,13)(H,14,15). The van der Waals surface area contributed by atoms with Crippen molar-refractivity contribution in [3.05, 3.63) is 29.0 Å². The summed E-state index contributed by atoms with van der Waals surface area (Å²) in [6.07, 6.45) is 3.43. The Bertz CT molecular complexity index is 370. The number of aliphatic carboxylic acids is 1. The zero-order chi connectivity index (χ0) is 11.3. The predicted molar refractivity (Wildman–Crippen MR) is 53.6 cm³/mol. The SMILES string of the molecule is O=CNC(Cc1ccncc1Cl)C(=O)O. The molecule has 1 amide bonds. The number of carbonyl (C=O) groups excluding carboxylic acids is 1. The second-order valence-electron chi connectivity index (χ2n) is 2.85. The first-order valence-corrected chi connectivity index (χ1v) is 4.54. The average molecular weight is 229 g/mol. The van der Waals surface area contributed by atoms with E-state index in [1.165, 1.54) is 12.4 Å². The Morgan fingerprint density at radius 1 is 1.73 bits per heavy atom. The first kappa shape index (κ1) is 11.5. The fraction of sp³-hybridized carbons (Fsp3) is 0.222. The van der Waals surface area contributed by atoms with Gasteiger partial charge < -0.3 is 10.4 Å². The van der Waals surface area contributed by atoms with Gasteiger partial charge in [0, 0.05) is 18.8 Å². The van der Waals surface area contributed by atoms with E-state index in [0.29, 0.717) is 17.0 Å². The molecule has 5 nitrogen and oxygen atoms in total. The largest absolute Gasteiger partial charge is 0.480 e. The van der Waals surface area contributed by atoms with E-state index in [-0.39, 0.29) is 6.42 Å². The Hall–Kier alpha value is -1.62. The van der Waals surface area contributed by atoms with Crippen molar-refractivity contribution in [1.29, 1.82) is 0 Å². The molecule has 1 atom stereocenters. The highest BCUT2D eigenvalue weighted by Gasteiger charge is 2.17. The van der Waals surface area contributed by atoms with Crippen molar-refractivity contribution >= 4 is 24.0 Å². The lowest BCUT2D eigenvalue weighted by Crippen LogP contribution is -2.37. The van der Waals surface area contributed by atoms with Crippen molar-refractivity contribution in [2.24, 2.45) is 0 Å². The van der Waals surface area contributed by atoms with Crippen LogP contribution in [0.3, 0.4) is 0 Å². The smallest absolute Gasteiger partial charge is 0.326 e. The number of carboxylic acid groups (broad SMARTS) is 1. The van der Waals surface area contributed by atoms with E-state index in [1.807, 2.05) is 0 Å². The van der Waals surface area contributed by atoms with Crippen LogP contribution < -0.4 is 5.32 Å². The van der Waals surface area contributed by atoms with E-state index in [4.69, 9.17) is 16.7 Å². The van der Waals surface area contributed by atoms with E-state index >= 15 is 0 Å². The van der Waals surface area contributed by atoms with Crippen LogP contribution in [-0.2, 0) is 16.0 Å². The summed E-state index contributed by atoms with van der Waals surface area (Å²) in [4.78, 5) is 24.7. The topological polar surface area (TPSA) is 79.3 Å². The summed E-state index contributed by atoms with van der Waals surface area (Å²) in [6.45, 7) is 0. The van der Waals surface area contributed by atoms with Crippen LogP contribution >= 0.6 is 11.6 Å². The monoisotopic (exact) mass is 228 g/mol. The lowest BCUT2D eigenvalue weighted by molar-refractivity contribution is -0.140. The van der Waals surface area contributed by atoms with Gasteiger partial charge in [-0.1, -0.05) is 11.6 Å². The van der Waals surface area contributed by atoms with Crippen LogP contribution in [0, 0.1) is 0 Å². The van der Waals surface area contributed by atoms with E-state index < -0.39 is 12.0 Å². The van der Waals surface area contributed by atoms with Crippen molar-refractivity contribution < 1.29 is 14.7 Å². The van der Waals surface area contributed by atoms with Crippen LogP contribution in [-0.4, -0.2) is 28.5 Å². The first-order chi connectivity index (χ1) is 7.15. The third-order valence-corrected chi connectivity index (χ3v) is 2.19. The number of carbonyl (C=O) groups is 2. The van der Waals surface area contributed by atoms with E-state index in [9.17, 15) is 9.59 Å². The lowest BCUT2D eigenvalue weighted by Gasteiger charge is -2.11. The van der Waals surface area contributed by atoms with Crippen molar-refractivity contribution in [3.8, 4) is 0 Å². The third kappa shape index (κ3) is 3.21. The summed E-state index contributed by atoms with van der Waals surface area (Å²) in [7, 11) is 0. The molecule has 0 aliphatic carbocycles. The maximum Gasteiger partial charge on any atom is 0.326 e. The minimum Gasteiger partial charge on any atom is -0.480 e. The van der Waals surface area contributed by atoms with Gasteiger partial charge in [0.05, 0.1) is 5.02 Å². The van der Waals surface area contributed by atoms with E-state index in [1.54, 1.807) is 6.07 Å². The van der Waals surface area contributed by atoms with Gasteiger partial charge in [-0.2, -0.15) is 0 Å². The molecule has 0 bridgehead atoms. The molecule has 1 rings (SSSR count). The van der Waals surface area contributed by atoms with Crippen LogP contribution in [0.25, 0.3) is 0 Å². The maximum atomic E-state index is 10.7. The molecule has 0 spiro atoms. The molecule has 0 aliphatic rings. The number of pyridine rings is 1. The molecule has 6 heteroatoms. The number of nitrogens with zero attached hydrogens (tertiary/aromatic N) is 1. The molecule has 1 unspecified atom stereocenters. The van der Waals surface area contributed by atoms with Gasteiger partial charge in [-0.05, 0) is 11.6 Å². The fourth-order valence-corrected chi connectivity index (χ4v) is 1.29. The van der Waals surface area contributed by atoms with Crippen molar-refractivity contribution in [2.75, 3.05) is 0 Å². The summed E-state index contributed by atoms with van der Waals surface area (Å²) in [5.74, 6) is -1.10. The number of halogens is 1. The minimum absolute atomic E-state index is 0.134. The van der Waals surface area contributed by atoms with Gasteiger partial charge in [0.15, 0.2) is 0 Å². The summed E-state index contributed by atoms with van der Waals surface area (Å²) >= 11 is 5.80. The highest BCUT2D eigenvalue weighted by atomic mass is 35.5. The Labute approximate surface area is 91.1 Å². The molecule has 1 aromatic rings. The number of nitrogens with one attached hydrogen (secondary N) is 1. The second-order valence-corrected chi connectivity index (χ2v) is 3.25. The Morgan fingerprint density at radius 2 is 2.47 bits per heavy atom. The highest BCUT2D eigenvalue weighted by molar-refractivity contribution is 6.31. The first-order valence-electron chi connectivity index (χ1n) is 4.16. The van der Waals surface area contributed by atoms with E-state index in [0.717, 1.165) is 0 Å². The Kier molecular flexibility index (Phi) is 4.05. The zero-order valence-electron chi connectivity index (χ0n) is 7.68. The van der Waals surface area contributed by atoms with Crippen LogP contribution in [0.1, 0.15) is 5.56 Å². The molecule has 0 radical (unpaired) electrons. The summed E-state index contributed by atoms with van der Waals surface area (Å²) in [6, 6.07) is 0.646. The number of amides is 1. The van der Waals surface area contributed by atoms with Gasteiger partial charge in [-0.25, -0.2) is 4.79 Å². The van der Waals surface area contributed by atoms with Gasteiger partial charge in [0.1, 0.15) is 6.04 Å². The molecule has 1 heterocycles. The van der Waals surface area contributed by atoms with E-state index in [2.05, 4.69) is 10.3 Å². The third-order valence-electron chi connectivity index (χ3n) is 1.85. The quantitative estimate of drug-likeness (QED) is 0.719. The lowest BCUT2D eigenvalue weighted by atomic mass is 10.1. The Morgan fingerprint density at radius 3 is 3.00 bits per heavy atom. The number of hydrogen-bond acceptors (Lipinski definition) is 3. The van der Waals surface area contributed by atoms with Crippen molar-refractivity contribution in [3.63, 3.8) is 0 Å². The maximum absolute atomic E-state index is 10.7. The van der Waals surface area contributed by atoms with Gasteiger partial charge in [0.2, 0.25) is 6.41 Å². The number of hydrogen-bond donors (Lipinski definition) is 2. The number of rotatable bonds is 5. The van der Waals surface area contributed by atoms with Crippen LogP contribution in [0.5, 0.6) is 0 Å². The molecule has 0 saturated carbocycles. The zero-order valence-corrected chi connectivity index (χ0v) is 8.44. The number of aromatic nitrogens is 1. The summed E-state index contributed by atoms with van der Waals surface area (Å²) in [5, 5.41) is 11.4. The number of carboxylic acids is 1. The highest BCUT2D eigenvalue weighted by Crippen LogP contribution is 2.15. The molecule has 80 valence electrons. The summed E-state index contributed by atoms with van der Waals surface area (Å²) in [5.41, 5.74) is 0.633. The molecule has 15 heavy (non-hydrogen) atoms. The second kappa shape index (κ2) is 5.31. The fourth-order valence-electron chi connectivity index (χ4n) is 1.09. The Balaban J connectivity index is 2.78. The van der Waals surface area contributed by atoms with Crippen molar-refractivity contribution in [1.82, 2.24) is 10.3 Å². The van der Waals surface area contributed by atoms with Gasteiger partial charge in [0.25, 0.3) is 0 Å². The summed E-state index contributed by atoms with van der Waals surface area (Å²) < 4.78 is 0. The normalized spacial score (nSPS) is 11.8. The minimum atomic E-state index is -1.10. The molecule has 0 aliphatic heterocycles. The molecule has 2 N–H and O–H groups in total. The van der Waals surface area contributed by atoms with Crippen LogP contribution in [0.15, 0.2) is 18.5 Å². The molecular weight excluding hydrogens is 220 g/mol. The molecular formula is C9H9ClN2O3. The van der Waals surface area contributed by atoms with Gasteiger partial charge >= 0.3 is 5.97 Å². The van der Waals surface area contributed by atoms with Crippen molar-refractivity contribution in [2.45, 2.75) is 12.5 Å². The average Bonchev–Trinajstić information content (AvgIpc) is 2.20. The van der Waals surface area contributed by atoms with Gasteiger partial charge in [-0.15, -0.1) is 0 Å². The van der Waals surface area contributed by atoms with Crippen LogP contribution in [0.2, 0.25) is 5.02 Å². The molecule has 0 saturated heterocycles. The molecule has 0 aromatic carbocycles. The van der Waals surface area contributed by atoms with Gasteiger partial charge in [-0.3, -0.25) is 9.78 Å². The van der Waals surface area contributed by atoms with Crippen LogP contribution in [0.4, 0.5) is 0 Å². The predicted octanol–water partition coefficient (Wildman–Crippen LogP) is 0.477.